The van der Waals surface area contributed by atoms with E-state index in [1.807, 2.05) is 0 Å². The van der Waals surface area contributed by atoms with E-state index in [-0.39, 0.29) is 12.4 Å². The van der Waals surface area contributed by atoms with Gasteiger partial charge in [0.25, 0.3) is 0 Å². The molecule has 11 N–H and O–H groups in total. The Bertz CT molecular complexity index is 509. The summed E-state index contributed by atoms with van der Waals surface area (Å²) in [7, 11) is 1.44. The molecule has 0 aliphatic heterocycles. The van der Waals surface area contributed by atoms with Crippen LogP contribution in [-0.4, -0.2) is 66.9 Å². The fourth-order valence-corrected chi connectivity index (χ4v) is 1.89. The van der Waals surface area contributed by atoms with Crippen molar-refractivity contribution in [2.24, 2.45) is 22.2 Å². The summed E-state index contributed by atoms with van der Waals surface area (Å²) in [6.45, 7) is 3.30. The van der Waals surface area contributed by atoms with Crippen LogP contribution in [0.25, 0.3) is 0 Å². The van der Waals surface area contributed by atoms with E-state index >= 15 is 0 Å². The van der Waals surface area contributed by atoms with Crippen molar-refractivity contribution < 1.29 is 19.5 Å². The van der Waals surface area contributed by atoms with E-state index in [1.165, 1.54) is 14.0 Å². The lowest BCUT2D eigenvalue weighted by Gasteiger charge is -2.27. The fourth-order valence-electron chi connectivity index (χ4n) is 1.89. The number of hydrogen-bond donors (Lipinski definition) is 8. The molecule has 0 aliphatic carbocycles. The lowest BCUT2D eigenvalue weighted by Crippen LogP contribution is -2.57. The molecule has 0 saturated heterocycles. The van der Waals surface area contributed by atoms with Crippen LogP contribution in [-0.2, 0) is 9.59 Å². The van der Waals surface area contributed by atoms with Gasteiger partial charge < -0.3 is 38.3 Å². The van der Waals surface area contributed by atoms with E-state index in [0.29, 0.717) is 13.0 Å². The van der Waals surface area contributed by atoms with Gasteiger partial charge in [-0.25, -0.2) is 4.79 Å². The summed E-state index contributed by atoms with van der Waals surface area (Å²) >= 11 is 0. The number of amides is 4. The Labute approximate surface area is 152 Å². The van der Waals surface area contributed by atoms with Gasteiger partial charge in [0.2, 0.25) is 11.8 Å². The molecular weight excluding hydrogens is 344 g/mol. The molecule has 0 spiro atoms. The van der Waals surface area contributed by atoms with Gasteiger partial charge in [0.05, 0.1) is 12.1 Å². The number of aliphatic hydroxyl groups excluding tert-OH is 1. The van der Waals surface area contributed by atoms with Crippen LogP contribution in [0.3, 0.4) is 0 Å². The van der Waals surface area contributed by atoms with E-state index in [0.717, 1.165) is 0 Å². The summed E-state index contributed by atoms with van der Waals surface area (Å²) < 4.78 is 0. The number of primary amides is 1. The zero-order valence-electron chi connectivity index (χ0n) is 15.3. The van der Waals surface area contributed by atoms with Crippen LogP contribution < -0.4 is 38.5 Å². The Morgan fingerprint density at radius 3 is 2.23 bits per heavy atom. The fraction of sp³-hybridized carbons (Fsp3) is 0.714. The number of urea groups is 1. The summed E-state index contributed by atoms with van der Waals surface area (Å²) in [5.74, 6) is -1.27. The predicted octanol–water partition coefficient (Wildman–Crippen LogP) is -3.38. The molecule has 0 rings (SSSR count). The molecule has 12 nitrogen and oxygen atoms in total. The van der Waals surface area contributed by atoms with Crippen LogP contribution in [0.2, 0.25) is 0 Å². The molecule has 0 bridgehead atoms. The number of carbonyl (C=O) groups excluding carboxylic acids is 3. The minimum absolute atomic E-state index is 0.0650. The monoisotopic (exact) mass is 374 g/mol. The minimum atomic E-state index is -1.21. The van der Waals surface area contributed by atoms with Crippen molar-refractivity contribution in [3.63, 3.8) is 0 Å². The average Bonchev–Trinajstić information content (AvgIpc) is 2.56. The van der Waals surface area contributed by atoms with Gasteiger partial charge in [-0.1, -0.05) is 0 Å². The largest absolute Gasteiger partial charge is 0.376 e. The molecule has 0 fully saturated rings. The molecule has 0 aliphatic rings. The minimum Gasteiger partial charge on any atom is -0.376 e. The van der Waals surface area contributed by atoms with Crippen LogP contribution in [0, 0.1) is 0 Å². The lowest BCUT2D eigenvalue weighted by molar-refractivity contribution is -0.129. The van der Waals surface area contributed by atoms with Crippen LogP contribution in [0.1, 0.15) is 26.7 Å². The summed E-state index contributed by atoms with van der Waals surface area (Å²) in [6.07, 6.45) is -0.495. The van der Waals surface area contributed by atoms with E-state index in [4.69, 9.17) is 17.2 Å². The third-order valence-corrected chi connectivity index (χ3v) is 3.48. The van der Waals surface area contributed by atoms with Gasteiger partial charge >= 0.3 is 6.03 Å². The molecule has 0 heterocycles. The SMILES string of the molecule is CNC(=O)NC(C)C(O)NC(CCCN=C(N)N)C(=O)NC(C)C(N)=O. The van der Waals surface area contributed by atoms with Crippen molar-refractivity contribution in [2.75, 3.05) is 13.6 Å². The smallest absolute Gasteiger partial charge is 0.314 e. The molecular formula is C14H30N8O4. The predicted molar refractivity (Wildman–Crippen MR) is 96.7 cm³/mol. The zero-order valence-corrected chi connectivity index (χ0v) is 15.3. The second-order valence-corrected chi connectivity index (χ2v) is 5.76. The first-order valence-electron chi connectivity index (χ1n) is 8.15. The van der Waals surface area contributed by atoms with E-state index in [9.17, 15) is 19.5 Å². The first-order chi connectivity index (χ1) is 12.1. The molecule has 0 aromatic rings. The Morgan fingerprint density at radius 2 is 1.73 bits per heavy atom. The van der Waals surface area contributed by atoms with Crippen molar-refractivity contribution in [2.45, 2.75) is 51.0 Å². The maximum absolute atomic E-state index is 12.3. The normalized spacial score (nSPS) is 15.1. The second-order valence-electron chi connectivity index (χ2n) is 5.76. The Balaban J connectivity index is 4.88. The number of carbonyl (C=O) groups is 3. The molecule has 0 aromatic heterocycles. The third-order valence-electron chi connectivity index (χ3n) is 3.48. The number of aliphatic hydroxyl groups is 1. The molecule has 4 atom stereocenters. The number of aliphatic imine (C=N–C) groups is 1. The van der Waals surface area contributed by atoms with Crippen LogP contribution in [0.15, 0.2) is 4.99 Å². The standard InChI is InChI=1S/C14H30N8O4/c1-7(10(15)23)20-12(25)9(5-4-6-19-13(16)17)22-11(24)8(2)21-14(26)18-3/h7-9,11,22,24H,4-6H2,1-3H3,(H2,15,23)(H,20,25)(H4,16,17,19)(H2,18,21,26). The zero-order chi connectivity index (χ0) is 20.3. The van der Waals surface area contributed by atoms with Gasteiger partial charge in [-0.3, -0.25) is 19.9 Å². The molecule has 4 amide bonds. The maximum atomic E-state index is 12.3. The summed E-state index contributed by atoms with van der Waals surface area (Å²) in [6, 6.07) is -2.89. The van der Waals surface area contributed by atoms with Crippen molar-refractivity contribution in [3.05, 3.63) is 0 Å². The summed E-state index contributed by atoms with van der Waals surface area (Å²) in [5.41, 5.74) is 15.6. The number of hydrogen-bond acceptors (Lipinski definition) is 6. The molecule has 4 unspecified atom stereocenters. The van der Waals surface area contributed by atoms with Gasteiger partial charge in [0.1, 0.15) is 12.3 Å². The Morgan fingerprint density at radius 1 is 1.12 bits per heavy atom. The number of nitrogens with zero attached hydrogens (tertiary/aromatic N) is 1. The van der Waals surface area contributed by atoms with Crippen molar-refractivity contribution in [3.8, 4) is 0 Å². The van der Waals surface area contributed by atoms with Crippen LogP contribution in [0.5, 0.6) is 0 Å². The Hall–Kier alpha value is -2.60. The molecule has 0 radical (unpaired) electrons. The first kappa shape index (κ1) is 23.4. The van der Waals surface area contributed by atoms with Crippen LogP contribution >= 0.6 is 0 Å². The Kier molecular flexibility index (Phi) is 10.7. The molecule has 26 heavy (non-hydrogen) atoms. The number of nitrogens with two attached hydrogens (primary N) is 3. The number of nitrogens with one attached hydrogen (secondary N) is 4. The topological polar surface area (TPSA) is 210 Å². The van der Waals surface area contributed by atoms with Crippen molar-refractivity contribution in [1.29, 1.82) is 0 Å². The summed E-state index contributed by atoms with van der Waals surface area (Å²) in [4.78, 5) is 38.6. The van der Waals surface area contributed by atoms with Crippen molar-refractivity contribution >= 4 is 23.8 Å². The summed E-state index contributed by atoms with van der Waals surface area (Å²) in [5, 5.41) is 20.2. The van der Waals surface area contributed by atoms with Gasteiger partial charge in [-0.05, 0) is 26.7 Å². The highest BCUT2D eigenvalue weighted by Gasteiger charge is 2.26. The lowest BCUT2D eigenvalue weighted by atomic mass is 10.1. The third kappa shape index (κ3) is 9.64. The van der Waals surface area contributed by atoms with Gasteiger partial charge in [0, 0.05) is 13.6 Å². The van der Waals surface area contributed by atoms with Gasteiger partial charge in [-0.15, -0.1) is 0 Å². The molecule has 12 heteroatoms. The van der Waals surface area contributed by atoms with E-state index < -0.39 is 42.2 Å². The second kappa shape index (κ2) is 11.9. The quantitative estimate of drug-likeness (QED) is 0.0795. The average molecular weight is 374 g/mol. The highest BCUT2D eigenvalue weighted by molar-refractivity contribution is 5.88. The molecule has 150 valence electrons. The van der Waals surface area contributed by atoms with Crippen molar-refractivity contribution in [1.82, 2.24) is 21.3 Å². The van der Waals surface area contributed by atoms with Gasteiger partial charge in [-0.2, -0.15) is 0 Å². The van der Waals surface area contributed by atoms with E-state index in [2.05, 4.69) is 26.3 Å². The highest BCUT2D eigenvalue weighted by Crippen LogP contribution is 2.02. The number of guanidine groups is 1. The van der Waals surface area contributed by atoms with E-state index in [1.54, 1.807) is 6.92 Å². The number of rotatable bonds is 11. The molecule has 0 saturated carbocycles. The molecule has 0 aromatic carbocycles. The van der Waals surface area contributed by atoms with Crippen LogP contribution in [0.4, 0.5) is 4.79 Å². The highest BCUT2D eigenvalue weighted by atomic mass is 16.3. The van der Waals surface area contributed by atoms with Gasteiger partial charge in [0.15, 0.2) is 5.96 Å². The maximum Gasteiger partial charge on any atom is 0.314 e. The first-order valence-corrected chi connectivity index (χ1v) is 8.15.